The van der Waals surface area contributed by atoms with E-state index in [-0.39, 0.29) is 17.1 Å². The number of benzene rings is 1. The van der Waals surface area contributed by atoms with Crippen LogP contribution in [-0.2, 0) is 23.0 Å². The lowest BCUT2D eigenvalue weighted by atomic mass is 10.1. The van der Waals surface area contributed by atoms with Gasteiger partial charge in [0.25, 0.3) is 0 Å². The van der Waals surface area contributed by atoms with E-state index in [0.717, 1.165) is 22.2 Å². The van der Waals surface area contributed by atoms with Crippen molar-refractivity contribution in [2.75, 3.05) is 5.73 Å². The van der Waals surface area contributed by atoms with Gasteiger partial charge in [0.05, 0.1) is 17.9 Å². The highest BCUT2D eigenvalue weighted by atomic mass is 79.9. The van der Waals surface area contributed by atoms with Crippen LogP contribution < -0.4 is 10.5 Å². The van der Waals surface area contributed by atoms with E-state index in [4.69, 9.17) is 5.73 Å². The third-order valence-electron chi connectivity index (χ3n) is 3.06. The molecule has 0 spiro atoms. The van der Waals surface area contributed by atoms with E-state index in [2.05, 4.69) is 25.6 Å². The molecule has 0 saturated heterocycles. The van der Waals surface area contributed by atoms with Crippen LogP contribution in [0.15, 0.2) is 45.9 Å². The Bertz CT molecular complexity index is 748. The fourth-order valence-electron chi connectivity index (χ4n) is 1.96. The average molecular weight is 370 g/mol. The normalized spacial score (nSPS) is 11.5. The summed E-state index contributed by atoms with van der Waals surface area (Å²) in [5.74, 6) is 0. The van der Waals surface area contributed by atoms with Crippen molar-refractivity contribution in [1.29, 1.82) is 0 Å². The fourth-order valence-corrected chi connectivity index (χ4v) is 3.43. The molecule has 0 amide bonds. The molecule has 0 bridgehead atoms. The summed E-state index contributed by atoms with van der Waals surface area (Å²) in [6.45, 7) is 2.14. The number of rotatable bonds is 5. The molecule has 21 heavy (non-hydrogen) atoms. The summed E-state index contributed by atoms with van der Waals surface area (Å²) < 4.78 is 27.9. The second-order valence-corrected chi connectivity index (χ2v) is 7.12. The summed E-state index contributed by atoms with van der Waals surface area (Å²) in [5, 5.41) is 0. The number of nitrogens with two attached hydrogens (primary N) is 1. The molecule has 1 heterocycles. The first-order valence-corrected chi connectivity index (χ1v) is 8.69. The van der Waals surface area contributed by atoms with Crippen LogP contribution >= 0.6 is 15.9 Å². The monoisotopic (exact) mass is 369 g/mol. The summed E-state index contributed by atoms with van der Waals surface area (Å²) >= 11 is 3.25. The number of nitrogen functional groups attached to an aromatic ring is 1. The van der Waals surface area contributed by atoms with Crippen molar-refractivity contribution in [3.8, 4) is 0 Å². The summed E-state index contributed by atoms with van der Waals surface area (Å²) in [5.41, 5.74) is 7.71. The van der Waals surface area contributed by atoms with Crippen LogP contribution in [0.3, 0.4) is 0 Å². The summed E-state index contributed by atoms with van der Waals surface area (Å²) in [4.78, 5) is 4.29. The number of halogens is 1. The first-order chi connectivity index (χ1) is 9.94. The minimum atomic E-state index is -3.67. The first kappa shape index (κ1) is 15.9. The standard InChI is InChI=1S/C14H16BrN3O2S/c1-2-10-4-3-7-17-13(10)9-18-21(19,20)14-6-5-11(15)8-12(14)16/h3-8,18H,2,9,16H2,1H3. The number of sulfonamides is 1. The molecule has 1 aromatic carbocycles. The van der Waals surface area contributed by atoms with Crippen molar-refractivity contribution in [3.63, 3.8) is 0 Å². The van der Waals surface area contributed by atoms with Crippen molar-refractivity contribution < 1.29 is 8.42 Å². The molecular weight excluding hydrogens is 354 g/mol. The molecule has 2 rings (SSSR count). The van der Waals surface area contributed by atoms with Gasteiger partial charge in [-0.1, -0.05) is 28.9 Å². The van der Waals surface area contributed by atoms with Crippen LogP contribution in [-0.4, -0.2) is 13.4 Å². The molecule has 7 heteroatoms. The zero-order chi connectivity index (χ0) is 15.5. The molecule has 112 valence electrons. The molecule has 1 aromatic heterocycles. The van der Waals surface area contributed by atoms with Crippen LogP contribution in [0.2, 0.25) is 0 Å². The average Bonchev–Trinajstić information content (AvgIpc) is 2.45. The molecular formula is C14H16BrN3O2S. The van der Waals surface area contributed by atoms with Crippen LogP contribution in [0.4, 0.5) is 5.69 Å². The highest BCUT2D eigenvalue weighted by Gasteiger charge is 2.18. The topological polar surface area (TPSA) is 85.1 Å². The van der Waals surface area contributed by atoms with Gasteiger partial charge in [0, 0.05) is 10.7 Å². The predicted molar refractivity (Wildman–Crippen MR) is 86.2 cm³/mol. The second kappa shape index (κ2) is 6.55. The third kappa shape index (κ3) is 3.81. The number of anilines is 1. The molecule has 0 aliphatic rings. The lowest BCUT2D eigenvalue weighted by molar-refractivity contribution is 0.580. The second-order valence-electron chi connectivity index (χ2n) is 4.47. The van der Waals surface area contributed by atoms with Gasteiger partial charge < -0.3 is 5.73 Å². The molecule has 0 unspecified atom stereocenters. The Balaban J connectivity index is 2.22. The summed E-state index contributed by atoms with van der Waals surface area (Å²) in [7, 11) is -3.67. The Morgan fingerprint density at radius 1 is 1.33 bits per heavy atom. The number of nitrogens with one attached hydrogen (secondary N) is 1. The van der Waals surface area contributed by atoms with E-state index in [1.807, 2.05) is 19.1 Å². The molecule has 0 fully saturated rings. The van der Waals surface area contributed by atoms with Crippen molar-refractivity contribution >= 4 is 31.6 Å². The number of hydrogen-bond acceptors (Lipinski definition) is 4. The molecule has 0 saturated carbocycles. The van der Waals surface area contributed by atoms with Crippen molar-refractivity contribution in [3.05, 3.63) is 52.3 Å². The minimum absolute atomic E-state index is 0.0691. The van der Waals surface area contributed by atoms with Gasteiger partial charge in [0.15, 0.2) is 0 Å². The zero-order valence-electron chi connectivity index (χ0n) is 11.5. The molecule has 0 aliphatic carbocycles. The molecule has 0 radical (unpaired) electrons. The summed E-state index contributed by atoms with van der Waals surface area (Å²) in [6, 6.07) is 8.45. The van der Waals surface area contributed by atoms with Crippen molar-refractivity contribution in [2.45, 2.75) is 24.8 Å². The van der Waals surface area contributed by atoms with Gasteiger partial charge in [-0.15, -0.1) is 0 Å². The highest BCUT2D eigenvalue weighted by molar-refractivity contribution is 9.10. The van der Waals surface area contributed by atoms with Crippen LogP contribution in [0.5, 0.6) is 0 Å². The smallest absolute Gasteiger partial charge is 0.242 e. The van der Waals surface area contributed by atoms with Crippen molar-refractivity contribution in [2.24, 2.45) is 0 Å². The largest absolute Gasteiger partial charge is 0.398 e. The van der Waals surface area contributed by atoms with Gasteiger partial charge in [-0.05, 0) is 36.2 Å². The van der Waals surface area contributed by atoms with Gasteiger partial charge >= 0.3 is 0 Å². The van der Waals surface area contributed by atoms with Crippen molar-refractivity contribution in [1.82, 2.24) is 9.71 Å². The highest BCUT2D eigenvalue weighted by Crippen LogP contribution is 2.22. The number of aryl methyl sites for hydroxylation is 1. The zero-order valence-corrected chi connectivity index (χ0v) is 13.9. The van der Waals surface area contributed by atoms with Crippen LogP contribution in [0, 0.1) is 0 Å². The lowest BCUT2D eigenvalue weighted by Gasteiger charge is -2.11. The van der Waals surface area contributed by atoms with E-state index in [1.54, 1.807) is 18.3 Å². The van der Waals surface area contributed by atoms with E-state index < -0.39 is 10.0 Å². The molecule has 5 nitrogen and oxygen atoms in total. The molecule has 2 aromatic rings. The number of nitrogens with zero attached hydrogens (tertiary/aromatic N) is 1. The van der Waals surface area contributed by atoms with Gasteiger partial charge in [-0.25, -0.2) is 13.1 Å². The minimum Gasteiger partial charge on any atom is -0.398 e. The maximum atomic E-state index is 12.3. The SMILES string of the molecule is CCc1cccnc1CNS(=O)(=O)c1ccc(Br)cc1N. The fraction of sp³-hybridized carbons (Fsp3) is 0.214. The van der Waals surface area contributed by atoms with Crippen LogP contribution in [0.25, 0.3) is 0 Å². The van der Waals surface area contributed by atoms with E-state index in [0.29, 0.717) is 0 Å². The van der Waals surface area contributed by atoms with Gasteiger partial charge in [0.1, 0.15) is 4.90 Å². The Kier molecular flexibility index (Phi) is 4.97. The quantitative estimate of drug-likeness (QED) is 0.792. The maximum absolute atomic E-state index is 12.3. The number of pyridine rings is 1. The Morgan fingerprint density at radius 2 is 2.10 bits per heavy atom. The Morgan fingerprint density at radius 3 is 2.76 bits per heavy atom. The van der Waals surface area contributed by atoms with Crippen LogP contribution in [0.1, 0.15) is 18.2 Å². The first-order valence-electron chi connectivity index (χ1n) is 6.41. The van der Waals surface area contributed by atoms with Gasteiger partial charge in [0.2, 0.25) is 10.0 Å². The molecule has 0 aliphatic heterocycles. The van der Waals surface area contributed by atoms with E-state index >= 15 is 0 Å². The van der Waals surface area contributed by atoms with Gasteiger partial charge in [-0.2, -0.15) is 0 Å². The number of hydrogen-bond donors (Lipinski definition) is 2. The van der Waals surface area contributed by atoms with E-state index in [9.17, 15) is 8.42 Å². The predicted octanol–water partition coefficient (Wildman–Crippen LogP) is 2.47. The Hall–Kier alpha value is -1.44. The van der Waals surface area contributed by atoms with Gasteiger partial charge in [-0.3, -0.25) is 4.98 Å². The maximum Gasteiger partial charge on any atom is 0.242 e. The van der Waals surface area contributed by atoms with E-state index in [1.165, 1.54) is 6.07 Å². The number of aromatic nitrogens is 1. The molecule has 3 N–H and O–H groups in total. The Labute approximate surface area is 132 Å². The molecule has 0 atom stereocenters. The lowest BCUT2D eigenvalue weighted by Crippen LogP contribution is -2.25. The third-order valence-corrected chi connectivity index (χ3v) is 5.02. The summed E-state index contributed by atoms with van der Waals surface area (Å²) in [6.07, 6.45) is 2.45.